The number of hydrogen-bond acceptors (Lipinski definition) is 4. The zero-order valence-corrected chi connectivity index (χ0v) is 24.3. The fourth-order valence-corrected chi connectivity index (χ4v) is 3.96. The fourth-order valence-electron chi connectivity index (χ4n) is 3.96. The quantitative estimate of drug-likeness (QED) is 0.325. The molecule has 2 aromatic rings. The zero-order chi connectivity index (χ0) is 28.9. The Bertz CT molecular complexity index is 1240. The highest BCUT2D eigenvalue weighted by Gasteiger charge is 2.17. The van der Waals surface area contributed by atoms with E-state index in [-0.39, 0.29) is 17.7 Å². The molecule has 3 amide bonds. The Morgan fingerprint density at radius 1 is 0.949 bits per heavy atom. The summed E-state index contributed by atoms with van der Waals surface area (Å²) in [5.74, 6) is -0.653. The van der Waals surface area contributed by atoms with Gasteiger partial charge in [-0.1, -0.05) is 49.3 Å². The van der Waals surface area contributed by atoms with E-state index < -0.39 is 0 Å². The van der Waals surface area contributed by atoms with Gasteiger partial charge < -0.3 is 15.5 Å². The van der Waals surface area contributed by atoms with Crippen LogP contribution in [-0.2, 0) is 4.79 Å². The first-order valence-corrected chi connectivity index (χ1v) is 13.4. The van der Waals surface area contributed by atoms with E-state index in [4.69, 9.17) is 0 Å². The number of nitrogens with one attached hydrogen (secondary N) is 2. The lowest BCUT2D eigenvalue weighted by Gasteiger charge is -2.23. The number of rotatable bonds is 12. The third-order valence-corrected chi connectivity index (χ3v) is 6.24. The van der Waals surface area contributed by atoms with Crippen molar-refractivity contribution in [2.24, 2.45) is 0 Å². The third-order valence-electron chi connectivity index (χ3n) is 6.24. The smallest absolute Gasteiger partial charge is 0.257 e. The molecule has 7 heteroatoms. The van der Waals surface area contributed by atoms with Crippen LogP contribution in [0.3, 0.4) is 0 Å². The second-order valence-electron chi connectivity index (χ2n) is 9.59. The lowest BCUT2D eigenvalue weighted by atomic mass is 10.1. The third kappa shape index (κ3) is 9.69. The number of amides is 3. The minimum absolute atomic E-state index is 0.00497. The summed E-state index contributed by atoms with van der Waals surface area (Å²) in [6.07, 6.45) is 8.69. The van der Waals surface area contributed by atoms with E-state index in [1.807, 2.05) is 65.0 Å². The number of likely N-dealkylation sites (N-methyl/N-ethyl adjacent to an activating group) is 2. The Labute approximate surface area is 233 Å². The average Bonchev–Trinajstić information content (AvgIpc) is 2.92. The molecular weight excluding hydrogens is 488 g/mol. The first-order valence-electron chi connectivity index (χ1n) is 13.4. The van der Waals surface area contributed by atoms with E-state index in [9.17, 15) is 14.4 Å². The topological polar surface area (TPSA) is 81.8 Å². The Morgan fingerprint density at radius 2 is 1.64 bits per heavy atom. The Kier molecular flexibility index (Phi) is 12.4. The number of nitrogens with zero attached hydrogens (tertiary/aromatic N) is 2. The van der Waals surface area contributed by atoms with Gasteiger partial charge >= 0.3 is 0 Å². The van der Waals surface area contributed by atoms with Crippen molar-refractivity contribution < 1.29 is 14.4 Å². The summed E-state index contributed by atoms with van der Waals surface area (Å²) in [5.41, 5.74) is 4.59. The van der Waals surface area contributed by atoms with Gasteiger partial charge in [-0.05, 0) is 89.7 Å². The van der Waals surface area contributed by atoms with Crippen molar-refractivity contribution >= 4 is 29.1 Å². The van der Waals surface area contributed by atoms with Crippen LogP contribution in [-0.4, -0.2) is 49.3 Å². The molecule has 0 bridgehead atoms. The second-order valence-corrected chi connectivity index (χ2v) is 9.59. The molecule has 0 heterocycles. The number of hydrogen-bond donors (Lipinski definition) is 2. The van der Waals surface area contributed by atoms with Crippen molar-refractivity contribution in [1.82, 2.24) is 10.2 Å². The van der Waals surface area contributed by atoms with Crippen LogP contribution >= 0.6 is 0 Å². The summed E-state index contributed by atoms with van der Waals surface area (Å²) in [4.78, 5) is 42.5. The van der Waals surface area contributed by atoms with Crippen LogP contribution in [0, 0.1) is 6.92 Å². The van der Waals surface area contributed by atoms with Gasteiger partial charge in [0.1, 0.15) is 0 Å². The molecule has 2 N–H and O–H groups in total. The first kappa shape index (κ1) is 31.2. The Hall–Kier alpha value is -3.97. The van der Waals surface area contributed by atoms with Crippen LogP contribution in [0.1, 0.15) is 67.3 Å². The number of aryl methyl sites for hydroxylation is 1. The summed E-state index contributed by atoms with van der Waals surface area (Å²) in [7, 11) is 1.74. The van der Waals surface area contributed by atoms with E-state index in [1.165, 1.54) is 0 Å². The molecule has 2 aromatic carbocycles. The summed E-state index contributed by atoms with van der Waals surface area (Å²) in [6.45, 7) is 13.8. The monoisotopic (exact) mass is 530 g/mol. The van der Waals surface area contributed by atoms with Crippen LogP contribution < -0.4 is 15.5 Å². The van der Waals surface area contributed by atoms with Crippen molar-refractivity contribution in [2.45, 2.75) is 48.0 Å². The van der Waals surface area contributed by atoms with Crippen LogP contribution in [0.2, 0.25) is 0 Å². The maximum absolute atomic E-state index is 13.1. The van der Waals surface area contributed by atoms with Crippen molar-refractivity contribution in [2.75, 3.05) is 36.9 Å². The number of anilines is 2. The standard InChI is InChI=1S/C32H42N4O3/c1-8-11-23(4)12-14-25(6)33-32(39)28-21-24(5)13-19-29(28)34-31(38)26-15-17-27(18-16-26)35(7)30(37)22-36(10-3)20-9-2/h8,11-19,21H,9-10,20,22H2,1-7H3,(H,33,39)(H,34,38)/b11-8+,23-12-,25-14+. The van der Waals surface area contributed by atoms with Gasteiger partial charge in [-0.2, -0.15) is 0 Å². The molecule has 7 nitrogen and oxygen atoms in total. The highest BCUT2D eigenvalue weighted by molar-refractivity contribution is 6.09. The minimum atomic E-state index is -0.342. The SMILES string of the molecule is C/C=C/C(C)=C\C=C(/C)NC(=O)c1cc(C)ccc1NC(=O)c1ccc(N(C)C(=O)CN(CC)CCC)cc1. The van der Waals surface area contributed by atoms with Crippen molar-refractivity contribution in [3.05, 3.63) is 94.7 Å². The van der Waals surface area contributed by atoms with Gasteiger partial charge in [0.25, 0.3) is 11.8 Å². The van der Waals surface area contributed by atoms with Gasteiger partial charge in [0, 0.05) is 24.0 Å². The summed E-state index contributed by atoms with van der Waals surface area (Å²) < 4.78 is 0. The molecule has 0 saturated heterocycles. The lowest BCUT2D eigenvalue weighted by molar-refractivity contribution is -0.119. The minimum Gasteiger partial charge on any atom is -0.326 e. The molecule has 0 aliphatic rings. The first-order chi connectivity index (χ1) is 18.6. The normalized spacial score (nSPS) is 12.1. The molecule has 0 radical (unpaired) electrons. The predicted octanol–water partition coefficient (Wildman–Crippen LogP) is 6.10. The molecule has 0 aliphatic carbocycles. The van der Waals surface area contributed by atoms with E-state index >= 15 is 0 Å². The van der Waals surface area contributed by atoms with Crippen LogP contribution in [0.15, 0.2) is 78.0 Å². The number of benzene rings is 2. The van der Waals surface area contributed by atoms with Crippen LogP contribution in [0.5, 0.6) is 0 Å². The largest absolute Gasteiger partial charge is 0.326 e. The lowest BCUT2D eigenvalue weighted by Crippen LogP contribution is -2.38. The fraction of sp³-hybridized carbons (Fsp3) is 0.344. The molecule has 0 aromatic heterocycles. The molecule has 208 valence electrons. The Balaban J connectivity index is 2.15. The summed E-state index contributed by atoms with van der Waals surface area (Å²) in [6, 6.07) is 12.2. The number of carbonyl (C=O) groups is 3. The van der Waals surface area contributed by atoms with Crippen LogP contribution in [0.4, 0.5) is 11.4 Å². The molecule has 0 saturated carbocycles. The van der Waals surface area contributed by atoms with Gasteiger partial charge in [-0.25, -0.2) is 0 Å². The summed E-state index contributed by atoms with van der Waals surface area (Å²) in [5, 5.41) is 5.76. The molecule has 2 rings (SSSR count). The Morgan fingerprint density at radius 3 is 2.26 bits per heavy atom. The molecular formula is C32H42N4O3. The number of carbonyl (C=O) groups excluding carboxylic acids is 3. The maximum atomic E-state index is 13.1. The average molecular weight is 531 g/mol. The molecule has 0 atom stereocenters. The highest BCUT2D eigenvalue weighted by atomic mass is 16.2. The van der Waals surface area contributed by atoms with Gasteiger partial charge in [-0.3, -0.25) is 19.3 Å². The summed E-state index contributed by atoms with van der Waals surface area (Å²) >= 11 is 0. The van der Waals surface area contributed by atoms with Gasteiger partial charge in [0.05, 0.1) is 17.8 Å². The van der Waals surface area contributed by atoms with Gasteiger partial charge in [-0.15, -0.1) is 0 Å². The number of allylic oxidation sites excluding steroid dienone is 6. The predicted molar refractivity (Wildman–Crippen MR) is 161 cm³/mol. The molecule has 39 heavy (non-hydrogen) atoms. The van der Waals surface area contributed by atoms with Gasteiger partial charge in [0.15, 0.2) is 0 Å². The zero-order valence-electron chi connectivity index (χ0n) is 24.3. The van der Waals surface area contributed by atoms with Crippen molar-refractivity contribution in [3.8, 4) is 0 Å². The second kappa shape index (κ2) is 15.4. The van der Waals surface area contributed by atoms with E-state index in [1.54, 1.807) is 48.3 Å². The molecule has 0 unspecified atom stereocenters. The molecule has 0 spiro atoms. The highest BCUT2D eigenvalue weighted by Crippen LogP contribution is 2.20. The van der Waals surface area contributed by atoms with E-state index in [0.717, 1.165) is 30.6 Å². The van der Waals surface area contributed by atoms with Crippen molar-refractivity contribution in [3.63, 3.8) is 0 Å². The van der Waals surface area contributed by atoms with Crippen LogP contribution in [0.25, 0.3) is 0 Å². The van der Waals surface area contributed by atoms with Crippen molar-refractivity contribution in [1.29, 1.82) is 0 Å². The molecule has 0 aliphatic heterocycles. The van der Waals surface area contributed by atoms with E-state index in [2.05, 4.69) is 22.5 Å². The maximum Gasteiger partial charge on any atom is 0.257 e. The molecule has 0 fully saturated rings. The van der Waals surface area contributed by atoms with Gasteiger partial charge in [0.2, 0.25) is 5.91 Å². The van der Waals surface area contributed by atoms with E-state index in [0.29, 0.717) is 34.7 Å².